The van der Waals surface area contributed by atoms with Crippen LogP contribution < -0.4 is 5.14 Å². The number of sulfonamides is 1. The number of hydrogen-bond donors (Lipinski definition) is 1. The molecule has 100 valence electrons. The molecule has 2 N–H and O–H groups in total. The maximum atomic E-state index is 11.4. The molecule has 0 aliphatic carbocycles. The van der Waals surface area contributed by atoms with Gasteiger partial charge in [0, 0.05) is 18.8 Å². The van der Waals surface area contributed by atoms with Gasteiger partial charge in [-0.1, -0.05) is 6.08 Å². The fourth-order valence-electron chi connectivity index (χ4n) is 1.28. The van der Waals surface area contributed by atoms with Gasteiger partial charge in [-0.2, -0.15) is 0 Å². The number of aryl methyl sites for hydroxylation is 1. The van der Waals surface area contributed by atoms with E-state index in [0.29, 0.717) is 5.82 Å². The van der Waals surface area contributed by atoms with Crippen LogP contribution in [0, 0.1) is 6.92 Å². The van der Waals surface area contributed by atoms with Crippen molar-refractivity contribution >= 4 is 10.0 Å². The summed E-state index contributed by atoms with van der Waals surface area (Å²) in [5.41, 5.74) is 0.911. The van der Waals surface area contributed by atoms with Crippen LogP contribution in [0.1, 0.15) is 11.4 Å². The van der Waals surface area contributed by atoms with E-state index in [9.17, 15) is 8.42 Å². The minimum atomic E-state index is -3.69. The highest BCUT2D eigenvalue weighted by atomic mass is 32.2. The maximum Gasteiger partial charge on any atom is 0.214 e. The lowest BCUT2D eigenvalue weighted by molar-refractivity contribution is 0.161. The first kappa shape index (κ1) is 14.7. The van der Waals surface area contributed by atoms with E-state index in [2.05, 4.69) is 16.5 Å². The largest absolute Gasteiger partial charge is 0.376 e. The molecule has 7 heteroatoms. The zero-order valence-corrected chi connectivity index (χ0v) is 11.1. The zero-order valence-electron chi connectivity index (χ0n) is 10.2. The van der Waals surface area contributed by atoms with E-state index < -0.39 is 15.3 Å². The van der Waals surface area contributed by atoms with Crippen molar-refractivity contribution in [2.75, 3.05) is 13.2 Å². The van der Waals surface area contributed by atoms with Crippen LogP contribution in [-0.2, 0) is 21.2 Å². The van der Waals surface area contributed by atoms with Crippen LogP contribution in [0.4, 0.5) is 0 Å². The number of hydrogen-bond acceptors (Lipinski definition) is 5. The van der Waals surface area contributed by atoms with E-state index in [0.717, 1.165) is 5.56 Å². The molecule has 0 spiro atoms. The quantitative estimate of drug-likeness (QED) is 0.564. The van der Waals surface area contributed by atoms with Crippen LogP contribution in [-0.4, -0.2) is 36.8 Å². The van der Waals surface area contributed by atoms with Gasteiger partial charge in [0.2, 0.25) is 10.0 Å². The zero-order chi connectivity index (χ0) is 13.6. The summed E-state index contributed by atoms with van der Waals surface area (Å²) in [6.45, 7) is 5.62. The van der Waals surface area contributed by atoms with E-state index >= 15 is 0 Å². The van der Waals surface area contributed by atoms with Gasteiger partial charge in [0.25, 0.3) is 0 Å². The molecule has 0 aliphatic rings. The number of primary sulfonamides is 1. The second-order valence-electron chi connectivity index (χ2n) is 3.92. The second kappa shape index (κ2) is 6.58. The average molecular weight is 271 g/mol. The van der Waals surface area contributed by atoms with Crippen molar-refractivity contribution in [2.45, 2.75) is 18.6 Å². The van der Waals surface area contributed by atoms with Crippen molar-refractivity contribution in [2.24, 2.45) is 5.14 Å². The Labute approximate surface area is 107 Å². The molecule has 1 aromatic heterocycles. The lowest BCUT2D eigenvalue weighted by Crippen LogP contribution is -2.35. The van der Waals surface area contributed by atoms with Crippen LogP contribution in [0.3, 0.4) is 0 Å². The molecular weight excluding hydrogens is 254 g/mol. The van der Waals surface area contributed by atoms with Gasteiger partial charge in [0.1, 0.15) is 11.1 Å². The molecule has 1 heterocycles. The summed E-state index contributed by atoms with van der Waals surface area (Å²) < 4.78 is 28.0. The molecule has 0 amide bonds. The highest BCUT2D eigenvalue weighted by molar-refractivity contribution is 7.89. The highest BCUT2D eigenvalue weighted by Crippen LogP contribution is 2.05. The normalized spacial score (nSPS) is 13.2. The summed E-state index contributed by atoms with van der Waals surface area (Å²) in [6.07, 6.45) is 4.94. The molecule has 0 saturated heterocycles. The number of ether oxygens (including phenoxy) is 1. The van der Waals surface area contributed by atoms with E-state index in [1.807, 2.05) is 6.92 Å². The smallest absolute Gasteiger partial charge is 0.214 e. The lowest BCUT2D eigenvalue weighted by atomic mass is 10.3. The van der Waals surface area contributed by atoms with Crippen molar-refractivity contribution in [3.05, 3.63) is 36.4 Å². The minimum Gasteiger partial charge on any atom is -0.376 e. The molecule has 0 aromatic carbocycles. The highest BCUT2D eigenvalue weighted by Gasteiger charge is 2.23. The molecule has 18 heavy (non-hydrogen) atoms. The van der Waals surface area contributed by atoms with Crippen molar-refractivity contribution in [3.63, 3.8) is 0 Å². The summed E-state index contributed by atoms with van der Waals surface area (Å²) in [4.78, 5) is 8.11. The maximum absolute atomic E-state index is 11.4. The molecule has 0 fully saturated rings. The van der Waals surface area contributed by atoms with Gasteiger partial charge in [-0.05, 0) is 12.5 Å². The summed E-state index contributed by atoms with van der Waals surface area (Å²) in [5.74, 6) is 0.432. The van der Waals surface area contributed by atoms with Crippen molar-refractivity contribution in [1.29, 1.82) is 0 Å². The third-order valence-electron chi connectivity index (χ3n) is 2.25. The Hall–Kier alpha value is -1.31. The molecule has 0 aliphatic heterocycles. The third-order valence-corrected chi connectivity index (χ3v) is 3.48. The number of nitrogens with zero attached hydrogens (tertiary/aromatic N) is 2. The number of aromatic nitrogens is 2. The summed E-state index contributed by atoms with van der Waals surface area (Å²) in [7, 11) is -3.69. The Balaban J connectivity index is 2.72. The average Bonchev–Trinajstić information content (AvgIpc) is 2.29. The Morgan fingerprint density at radius 1 is 1.50 bits per heavy atom. The van der Waals surface area contributed by atoms with Crippen LogP contribution in [0.15, 0.2) is 25.0 Å². The lowest BCUT2D eigenvalue weighted by Gasteiger charge is -2.13. The molecule has 1 aromatic rings. The van der Waals surface area contributed by atoms with E-state index in [1.54, 1.807) is 18.5 Å². The number of nitrogens with two attached hydrogens (primary N) is 1. The summed E-state index contributed by atoms with van der Waals surface area (Å²) >= 11 is 0. The van der Waals surface area contributed by atoms with Gasteiger partial charge in [0.05, 0.1) is 13.2 Å². The molecule has 0 radical (unpaired) electrons. The van der Waals surface area contributed by atoms with E-state index in [4.69, 9.17) is 9.88 Å². The summed E-state index contributed by atoms with van der Waals surface area (Å²) in [5, 5.41) is 4.30. The Kier molecular flexibility index (Phi) is 5.39. The predicted molar refractivity (Wildman–Crippen MR) is 68.4 cm³/mol. The van der Waals surface area contributed by atoms with Crippen LogP contribution in [0.5, 0.6) is 0 Å². The van der Waals surface area contributed by atoms with E-state index in [-0.39, 0.29) is 19.6 Å². The van der Waals surface area contributed by atoms with Crippen molar-refractivity contribution < 1.29 is 13.2 Å². The van der Waals surface area contributed by atoms with Crippen LogP contribution in [0.2, 0.25) is 0 Å². The molecule has 1 atom stereocenters. The SMILES string of the molecule is C=CCOC[C@H](Cc1ncc(C)cn1)S(N)(=O)=O. The van der Waals surface area contributed by atoms with Crippen molar-refractivity contribution in [3.8, 4) is 0 Å². The molecule has 0 unspecified atom stereocenters. The first-order valence-electron chi connectivity index (χ1n) is 5.41. The number of rotatable bonds is 7. The minimum absolute atomic E-state index is 0.00207. The second-order valence-corrected chi connectivity index (χ2v) is 5.76. The van der Waals surface area contributed by atoms with E-state index in [1.165, 1.54) is 0 Å². The van der Waals surface area contributed by atoms with Gasteiger partial charge in [-0.25, -0.2) is 23.5 Å². The Morgan fingerprint density at radius 3 is 2.61 bits per heavy atom. The van der Waals surface area contributed by atoms with Crippen LogP contribution in [0.25, 0.3) is 0 Å². The van der Waals surface area contributed by atoms with Crippen LogP contribution >= 0.6 is 0 Å². The van der Waals surface area contributed by atoms with Crippen molar-refractivity contribution in [1.82, 2.24) is 9.97 Å². The third kappa shape index (κ3) is 4.91. The van der Waals surface area contributed by atoms with Gasteiger partial charge >= 0.3 is 0 Å². The molecule has 0 saturated carbocycles. The van der Waals surface area contributed by atoms with Gasteiger partial charge in [-0.15, -0.1) is 6.58 Å². The van der Waals surface area contributed by atoms with Gasteiger partial charge in [0.15, 0.2) is 0 Å². The molecular formula is C11H17N3O3S. The predicted octanol–water partition coefficient (Wildman–Crippen LogP) is 0.187. The Bertz CT molecular complexity index is 485. The molecule has 0 bridgehead atoms. The fourth-order valence-corrected chi connectivity index (χ4v) is 1.95. The van der Waals surface area contributed by atoms with Gasteiger partial charge in [-0.3, -0.25) is 0 Å². The molecule has 1 rings (SSSR count). The van der Waals surface area contributed by atoms with Gasteiger partial charge < -0.3 is 4.74 Å². The molecule has 6 nitrogen and oxygen atoms in total. The monoisotopic (exact) mass is 271 g/mol. The Morgan fingerprint density at radius 2 is 2.11 bits per heavy atom. The standard InChI is InChI=1S/C11H17N3O3S/c1-3-4-17-8-10(18(12,15)16)5-11-13-6-9(2)7-14-11/h3,6-7,10H,1,4-5,8H2,2H3,(H2,12,15,16)/t10-/m0/s1. The topological polar surface area (TPSA) is 95.2 Å². The first-order chi connectivity index (χ1) is 8.43. The first-order valence-corrected chi connectivity index (χ1v) is 7.02. The fraction of sp³-hybridized carbons (Fsp3) is 0.455. The summed E-state index contributed by atoms with van der Waals surface area (Å²) in [6, 6.07) is 0.